The molecular formula is C15H13BrCl2. The predicted molar refractivity (Wildman–Crippen MR) is 82.8 cm³/mol. The lowest BCUT2D eigenvalue weighted by Gasteiger charge is -2.15. The van der Waals surface area contributed by atoms with Gasteiger partial charge in [0.25, 0.3) is 0 Å². The molecule has 0 radical (unpaired) electrons. The highest BCUT2D eigenvalue weighted by Gasteiger charge is 2.16. The van der Waals surface area contributed by atoms with Gasteiger partial charge in [-0.1, -0.05) is 57.4 Å². The Labute approximate surface area is 126 Å². The lowest BCUT2D eigenvalue weighted by atomic mass is 9.98. The largest absolute Gasteiger partial charge is 0.113 e. The van der Waals surface area contributed by atoms with Crippen LogP contribution in [0.15, 0.2) is 40.9 Å². The van der Waals surface area contributed by atoms with Gasteiger partial charge in [0.2, 0.25) is 0 Å². The molecule has 0 saturated heterocycles. The van der Waals surface area contributed by atoms with Gasteiger partial charge >= 0.3 is 0 Å². The van der Waals surface area contributed by atoms with Crippen LogP contribution >= 0.6 is 39.1 Å². The molecule has 0 heterocycles. The van der Waals surface area contributed by atoms with Gasteiger partial charge in [0.1, 0.15) is 0 Å². The van der Waals surface area contributed by atoms with Crippen LogP contribution in [0.25, 0.3) is 0 Å². The summed E-state index contributed by atoms with van der Waals surface area (Å²) in [5, 5.41) is 0.468. The predicted octanol–water partition coefficient (Wildman–Crippen LogP) is 6.05. The first-order chi connectivity index (χ1) is 8.49. The Morgan fingerprint density at radius 3 is 2.28 bits per heavy atom. The van der Waals surface area contributed by atoms with Crippen molar-refractivity contribution in [3.63, 3.8) is 0 Å². The van der Waals surface area contributed by atoms with Crippen molar-refractivity contribution >= 4 is 39.1 Å². The monoisotopic (exact) mass is 342 g/mol. The number of halogens is 3. The summed E-state index contributed by atoms with van der Waals surface area (Å²) in [5.74, 6) is 0. The molecule has 2 rings (SSSR count). The molecule has 0 aromatic heterocycles. The van der Waals surface area contributed by atoms with Crippen LogP contribution in [0.1, 0.15) is 27.6 Å². The Morgan fingerprint density at radius 2 is 1.67 bits per heavy atom. The fourth-order valence-corrected chi connectivity index (χ4v) is 3.26. The van der Waals surface area contributed by atoms with Gasteiger partial charge in [-0.2, -0.15) is 0 Å². The van der Waals surface area contributed by atoms with Crippen LogP contribution in [0.4, 0.5) is 0 Å². The van der Waals surface area contributed by atoms with Crippen LogP contribution in [0.5, 0.6) is 0 Å². The molecule has 2 aromatic carbocycles. The zero-order chi connectivity index (χ0) is 13.3. The molecule has 0 amide bonds. The standard InChI is InChI=1S/C15H13BrCl2/c1-9-3-5-12(10(2)7-9)15(18)13-6-4-11(16)8-14(13)17/h3-8,15H,1-2H3. The number of rotatable bonds is 2. The molecule has 0 saturated carbocycles. The van der Waals surface area contributed by atoms with Crippen molar-refractivity contribution in [1.82, 2.24) is 0 Å². The Morgan fingerprint density at radius 1 is 1.00 bits per heavy atom. The van der Waals surface area contributed by atoms with Crippen molar-refractivity contribution < 1.29 is 0 Å². The number of benzene rings is 2. The molecule has 0 N–H and O–H groups in total. The summed E-state index contributed by atoms with van der Waals surface area (Å²) < 4.78 is 0.959. The molecule has 3 heteroatoms. The summed E-state index contributed by atoms with van der Waals surface area (Å²) in [7, 11) is 0. The van der Waals surface area contributed by atoms with Gasteiger partial charge in [0.05, 0.1) is 5.38 Å². The lowest BCUT2D eigenvalue weighted by Crippen LogP contribution is -1.97. The molecule has 0 bridgehead atoms. The second-order valence-electron chi connectivity index (χ2n) is 4.39. The van der Waals surface area contributed by atoms with Crippen molar-refractivity contribution in [3.8, 4) is 0 Å². The first-order valence-electron chi connectivity index (χ1n) is 5.65. The highest BCUT2D eigenvalue weighted by molar-refractivity contribution is 9.10. The number of hydrogen-bond acceptors (Lipinski definition) is 0. The topological polar surface area (TPSA) is 0 Å². The van der Waals surface area contributed by atoms with Crippen LogP contribution in [-0.2, 0) is 0 Å². The SMILES string of the molecule is Cc1ccc(C(Cl)c2ccc(Br)cc2Cl)c(C)c1. The van der Waals surface area contributed by atoms with Gasteiger partial charge in [-0.3, -0.25) is 0 Å². The third-order valence-electron chi connectivity index (χ3n) is 2.93. The first-order valence-corrected chi connectivity index (χ1v) is 7.26. The third kappa shape index (κ3) is 2.90. The van der Waals surface area contributed by atoms with Crippen molar-refractivity contribution in [3.05, 3.63) is 68.1 Å². The Bertz CT molecular complexity index is 527. The molecule has 0 spiro atoms. The van der Waals surface area contributed by atoms with E-state index in [-0.39, 0.29) is 5.38 Å². The van der Waals surface area contributed by atoms with Crippen LogP contribution < -0.4 is 0 Å². The van der Waals surface area contributed by atoms with Gasteiger partial charge in [0.15, 0.2) is 0 Å². The highest BCUT2D eigenvalue weighted by Crippen LogP contribution is 2.36. The Kier molecular flexibility index (Phi) is 4.37. The highest BCUT2D eigenvalue weighted by atomic mass is 79.9. The van der Waals surface area contributed by atoms with Gasteiger partial charge in [0, 0.05) is 9.50 Å². The van der Waals surface area contributed by atoms with E-state index in [9.17, 15) is 0 Å². The second kappa shape index (κ2) is 5.64. The maximum Gasteiger partial charge on any atom is 0.0852 e. The van der Waals surface area contributed by atoms with Crippen molar-refractivity contribution in [2.75, 3.05) is 0 Å². The van der Waals surface area contributed by atoms with Crippen LogP contribution in [0.3, 0.4) is 0 Å². The van der Waals surface area contributed by atoms with E-state index in [2.05, 4.69) is 48.0 Å². The smallest absolute Gasteiger partial charge is 0.0852 e. The molecule has 0 nitrogen and oxygen atoms in total. The fraction of sp³-hybridized carbons (Fsp3) is 0.200. The Balaban J connectivity index is 2.44. The van der Waals surface area contributed by atoms with E-state index in [1.807, 2.05) is 18.2 Å². The minimum absolute atomic E-state index is 0.216. The molecular weight excluding hydrogens is 331 g/mol. The minimum atomic E-state index is -0.216. The zero-order valence-electron chi connectivity index (χ0n) is 10.2. The summed E-state index contributed by atoms with van der Waals surface area (Å²) in [6, 6.07) is 12.1. The van der Waals surface area contributed by atoms with Gasteiger partial charge in [-0.05, 0) is 42.7 Å². The molecule has 0 aliphatic rings. The summed E-state index contributed by atoms with van der Waals surface area (Å²) >= 11 is 16.2. The normalized spacial score (nSPS) is 12.5. The van der Waals surface area contributed by atoms with Gasteiger partial charge in [-0.15, -0.1) is 11.6 Å². The molecule has 1 atom stereocenters. The van der Waals surface area contributed by atoms with E-state index < -0.39 is 0 Å². The van der Waals surface area contributed by atoms with Crippen LogP contribution in [-0.4, -0.2) is 0 Å². The molecule has 0 aliphatic carbocycles. The van der Waals surface area contributed by atoms with E-state index in [4.69, 9.17) is 23.2 Å². The lowest BCUT2D eigenvalue weighted by molar-refractivity contribution is 1.10. The summed E-state index contributed by atoms with van der Waals surface area (Å²) in [4.78, 5) is 0. The molecule has 0 fully saturated rings. The van der Waals surface area contributed by atoms with Crippen molar-refractivity contribution in [2.24, 2.45) is 0 Å². The van der Waals surface area contributed by atoms with Crippen LogP contribution in [0.2, 0.25) is 5.02 Å². The maximum absolute atomic E-state index is 6.55. The molecule has 0 aliphatic heterocycles. The maximum atomic E-state index is 6.55. The van der Waals surface area contributed by atoms with E-state index >= 15 is 0 Å². The van der Waals surface area contributed by atoms with E-state index in [0.717, 1.165) is 15.6 Å². The Hall–Kier alpha value is -0.500. The third-order valence-corrected chi connectivity index (χ3v) is 4.22. The zero-order valence-corrected chi connectivity index (χ0v) is 13.3. The van der Waals surface area contributed by atoms with E-state index in [0.29, 0.717) is 5.02 Å². The second-order valence-corrected chi connectivity index (χ2v) is 6.15. The molecule has 2 aromatic rings. The summed E-state index contributed by atoms with van der Waals surface area (Å²) in [6.07, 6.45) is 0. The number of hydrogen-bond donors (Lipinski definition) is 0. The van der Waals surface area contributed by atoms with Crippen molar-refractivity contribution in [2.45, 2.75) is 19.2 Å². The van der Waals surface area contributed by atoms with E-state index in [1.165, 1.54) is 11.1 Å². The number of alkyl halides is 1. The van der Waals surface area contributed by atoms with Gasteiger partial charge < -0.3 is 0 Å². The van der Waals surface area contributed by atoms with Gasteiger partial charge in [-0.25, -0.2) is 0 Å². The summed E-state index contributed by atoms with van der Waals surface area (Å²) in [6.45, 7) is 4.15. The average molecular weight is 344 g/mol. The fourth-order valence-electron chi connectivity index (χ4n) is 1.98. The molecule has 1 unspecified atom stereocenters. The van der Waals surface area contributed by atoms with Crippen LogP contribution in [0, 0.1) is 13.8 Å². The molecule has 94 valence electrons. The quantitative estimate of drug-likeness (QED) is 0.582. The van der Waals surface area contributed by atoms with E-state index in [1.54, 1.807) is 0 Å². The number of aryl methyl sites for hydroxylation is 2. The molecule has 18 heavy (non-hydrogen) atoms. The minimum Gasteiger partial charge on any atom is -0.113 e. The summed E-state index contributed by atoms with van der Waals surface area (Å²) in [5.41, 5.74) is 4.47. The first kappa shape index (κ1) is 13.9. The van der Waals surface area contributed by atoms with Crippen molar-refractivity contribution in [1.29, 1.82) is 0 Å². The average Bonchev–Trinajstić information content (AvgIpc) is 2.28.